The van der Waals surface area contributed by atoms with Crippen molar-refractivity contribution >= 4 is 33.3 Å². The predicted octanol–water partition coefficient (Wildman–Crippen LogP) is 2.91. The van der Waals surface area contributed by atoms with E-state index in [4.69, 9.17) is 5.73 Å². The SMILES string of the molecule is Cc1ccc(S(=O)(=O)N2CCCCC2C)cc1C(=O)Nc1ccc(N2CCCC(C(N)=O)C2)nc1. The zero-order valence-electron chi connectivity index (χ0n) is 20.2. The Bertz CT molecular complexity index is 1200. The molecular weight excluding hydrogens is 466 g/mol. The number of benzene rings is 1. The standard InChI is InChI=1S/C25H33N5O4S/c1-17-8-10-21(35(33,34)30-13-4-3-6-18(30)2)14-22(17)25(32)28-20-9-11-23(27-15-20)29-12-5-7-19(16-29)24(26)31/h8-11,14-15,18-19H,3-7,12-13,16H2,1-2H3,(H2,26,31)(H,28,32). The Morgan fingerprint density at radius 3 is 2.57 bits per heavy atom. The number of aromatic nitrogens is 1. The number of anilines is 2. The lowest BCUT2D eigenvalue weighted by atomic mass is 9.97. The van der Waals surface area contributed by atoms with Crippen molar-refractivity contribution in [2.45, 2.75) is 56.9 Å². The molecule has 4 rings (SSSR count). The first kappa shape index (κ1) is 25.1. The van der Waals surface area contributed by atoms with Gasteiger partial charge in [0, 0.05) is 31.2 Å². The van der Waals surface area contributed by atoms with Crippen molar-refractivity contribution in [1.82, 2.24) is 9.29 Å². The molecular formula is C25H33N5O4S. The van der Waals surface area contributed by atoms with E-state index in [0.29, 0.717) is 35.7 Å². The van der Waals surface area contributed by atoms with Crippen LogP contribution in [0.3, 0.4) is 0 Å². The molecule has 2 amide bonds. The van der Waals surface area contributed by atoms with Crippen molar-refractivity contribution in [2.24, 2.45) is 11.7 Å². The van der Waals surface area contributed by atoms with Crippen LogP contribution in [0, 0.1) is 12.8 Å². The number of nitrogens with two attached hydrogens (primary N) is 1. The van der Waals surface area contributed by atoms with Crippen LogP contribution in [0.25, 0.3) is 0 Å². The van der Waals surface area contributed by atoms with Crippen molar-refractivity contribution in [1.29, 1.82) is 0 Å². The van der Waals surface area contributed by atoms with Crippen molar-refractivity contribution in [2.75, 3.05) is 29.9 Å². The summed E-state index contributed by atoms with van der Waals surface area (Å²) in [5.74, 6) is -0.168. The van der Waals surface area contributed by atoms with Crippen LogP contribution >= 0.6 is 0 Å². The number of pyridine rings is 1. The fourth-order valence-electron chi connectivity index (χ4n) is 4.83. The molecule has 9 nitrogen and oxygen atoms in total. The van der Waals surface area contributed by atoms with Gasteiger partial charge in [0.15, 0.2) is 0 Å². The number of hydrogen-bond acceptors (Lipinski definition) is 6. The molecule has 2 aliphatic heterocycles. The Kier molecular flexibility index (Phi) is 7.42. The summed E-state index contributed by atoms with van der Waals surface area (Å²) < 4.78 is 28.0. The maximum absolute atomic E-state index is 13.2. The van der Waals surface area contributed by atoms with Crippen LogP contribution in [0.4, 0.5) is 11.5 Å². The molecule has 3 heterocycles. The minimum atomic E-state index is -3.68. The second-order valence-corrected chi connectivity index (χ2v) is 11.4. The molecule has 188 valence electrons. The van der Waals surface area contributed by atoms with Gasteiger partial charge < -0.3 is 16.0 Å². The zero-order valence-corrected chi connectivity index (χ0v) is 21.1. The first-order valence-electron chi connectivity index (χ1n) is 12.1. The van der Waals surface area contributed by atoms with E-state index < -0.39 is 15.9 Å². The smallest absolute Gasteiger partial charge is 0.256 e. The van der Waals surface area contributed by atoms with Crippen molar-refractivity contribution < 1.29 is 18.0 Å². The molecule has 2 atom stereocenters. The van der Waals surface area contributed by atoms with Crippen LogP contribution in [0.15, 0.2) is 41.4 Å². The highest BCUT2D eigenvalue weighted by atomic mass is 32.2. The van der Waals surface area contributed by atoms with Gasteiger partial charge in [0.2, 0.25) is 15.9 Å². The number of carbonyl (C=O) groups is 2. The number of carbonyl (C=O) groups excluding carboxylic acids is 2. The number of sulfonamides is 1. The van der Waals surface area contributed by atoms with Gasteiger partial charge in [-0.2, -0.15) is 4.31 Å². The maximum atomic E-state index is 13.2. The zero-order chi connectivity index (χ0) is 25.2. The number of rotatable bonds is 6. The Hall–Kier alpha value is -2.98. The fraction of sp³-hybridized carbons (Fsp3) is 0.480. The van der Waals surface area contributed by atoms with E-state index >= 15 is 0 Å². The Labute approximate surface area is 206 Å². The number of primary amides is 1. The van der Waals surface area contributed by atoms with Crippen LogP contribution < -0.4 is 16.0 Å². The van der Waals surface area contributed by atoms with E-state index in [2.05, 4.69) is 10.3 Å². The molecule has 1 aromatic heterocycles. The lowest BCUT2D eigenvalue weighted by Crippen LogP contribution is -2.42. The average Bonchev–Trinajstić information content (AvgIpc) is 2.85. The van der Waals surface area contributed by atoms with E-state index in [1.54, 1.807) is 37.4 Å². The molecule has 0 bridgehead atoms. The van der Waals surface area contributed by atoms with Crippen LogP contribution in [0.2, 0.25) is 0 Å². The van der Waals surface area contributed by atoms with Crippen molar-refractivity contribution in [3.63, 3.8) is 0 Å². The van der Waals surface area contributed by atoms with Crippen molar-refractivity contribution in [3.8, 4) is 0 Å². The average molecular weight is 500 g/mol. The summed E-state index contributed by atoms with van der Waals surface area (Å²) in [7, 11) is -3.68. The minimum absolute atomic E-state index is 0.0601. The first-order chi connectivity index (χ1) is 16.7. The Balaban J connectivity index is 1.49. The molecule has 3 N–H and O–H groups in total. The normalized spacial score (nSPS) is 21.5. The highest BCUT2D eigenvalue weighted by Gasteiger charge is 2.31. The van der Waals surface area contributed by atoms with Gasteiger partial charge in [-0.05, 0) is 69.4 Å². The summed E-state index contributed by atoms with van der Waals surface area (Å²) in [5, 5.41) is 2.82. The van der Waals surface area contributed by atoms with Gasteiger partial charge in [0.05, 0.1) is 22.7 Å². The molecule has 0 radical (unpaired) electrons. The Morgan fingerprint density at radius 1 is 1.09 bits per heavy atom. The molecule has 35 heavy (non-hydrogen) atoms. The van der Waals surface area contributed by atoms with Gasteiger partial charge in [-0.25, -0.2) is 13.4 Å². The topological polar surface area (TPSA) is 126 Å². The summed E-state index contributed by atoms with van der Waals surface area (Å²) in [4.78, 5) is 31.2. The molecule has 2 saturated heterocycles. The minimum Gasteiger partial charge on any atom is -0.369 e. The molecule has 2 aromatic rings. The van der Waals surface area contributed by atoms with Gasteiger partial charge in [-0.1, -0.05) is 12.5 Å². The molecule has 0 saturated carbocycles. The predicted molar refractivity (Wildman–Crippen MR) is 135 cm³/mol. The molecule has 10 heteroatoms. The number of nitrogens with one attached hydrogen (secondary N) is 1. The number of nitrogens with zero attached hydrogens (tertiary/aromatic N) is 3. The molecule has 0 spiro atoms. The molecule has 2 unspecified atom stereocenters. The number of hydrogen-bond donors (Lipinski definition) is 2. The quantitative estimate of drug-likeness (QED) is 0.629. The number of piperidine rings is 2. The largest absolute Gasteiger partial charge is 0.369 e. The van der Waals surface area contributed by atoms with E-state index in [1.807, 2.05) is 11.8 Å². The summed E-state index contributed by atoms with van der Waals surface area (Å²) in [6.45, 7) is 5.52. The molecule has 2 aliphatic rings. The monoisotopic (exact) mass is 499 g/mol. The van der Waals surface area contributed by atoms with Crippen molar-refractivity contribution in [3.05, 3.63) is 47.7 Å². The van der Waals surface area contributed by atoms with Crippen LogP contribution in [0.1, 0.15) is 54.9 Å². The fourth-order valence-corrected chi connectivity index (χ4v) is 6.56. The van der Waals surface area contributed by atoms with Gasteiger partial charge in [-0.15, -0.1) is 0 Å². The highest BCUT2D eigenvalue weighted by Crippen LogP contribution is 2.27. The van der Waals surface area contributed by atoms with Gasteiger partial charge >= 0.3 is 0 Å². The second kappa shape index (κ2) is 10.3. The van der Waals surface area contributed by atoms with Gasteiger partial charge in [-0.3, -0.25) is 9.59 Å². The van der Waals surface area contributed by atoms with Gasteiger partial charge in [0.25, 0.3) is 5.91 Å². The van der Waals surface area contributed by atoms with Crippen LogP contribution in [-0.4, -0.2) is 55.2 Å². The maximum Gasteiger partial charge on any atom is 0.256 e. The highest BCUT2D eigenvalue weighted by molar-refractivity contribution is 7.89. The molecule has 0 aliphatic carbocycles. The molecule has 1 aromatic carbocycles. The van der Waals surface area contributed by atoms with Crippen LogP contribution in [0.5, 0.6) is 0 Å². The first-order valence-corrected chi connectivity index (χ1v) is 13.5. The summed E-state index contributed by atoms with van der Waals surface area (Å²) in [5.41, 5.74) is 6.96. The number of amides is 2. The molecule has 2 fully saturated rings. The third-order valence-corrected chi connectivity index (χ3v) is 8.97. The van der Waals surface area contributed by atoms with Gasteiger partial charge in [0.1, 0.15) is 5.82 Å². The third kappa shape index (κ3) is 5.48. The van der Waals surface area contributed by atoms with E-state index in [1.165, 1.54) is 10.4 Å². The van der Waals surface area contributed by atoms with E-state index in [9.17, 15) is 18.0 Å². The van der Waals surface area contributed by atoms with E-state index in [0.717, 1.165) is 38.6 Å². The second-order valence-electron chi connectivity index (χ2n) is 9.48. The van der Waals surface area contributed by atoms with Crippen LogP contribution in [-0.2, 0) is 14.8 Å². The summed E-state index contributed by atoms with van der Waals surface area (Å²) >= 11 is 0. The lowest BCUT2D eigenvalue weighted by Gasteiger charge is -2.32. The van der Waals surface area contributed by atoms with E-state index in [-0.39, 0.29) is 22.8 Å². The summed E-state index contributed by atoms with van der Waals surface area (Å²) in [6.07, 6.45) is 5.90. The third-order valence-electron chi connectivity index (χ3n) is 6.96. The Morgan fingerprint density at radius 2 is 1.89 bits per heavy atom. The lowest BCUT2D eigenvalue weighted by molar-refractivity contribution is -0.122. The number of aryl methyl sites for hydroxylation is 1. The summed E-state index contributed by atoms with van der Waals surface area (Å²) in [6, 6.07) is 8.18.